The Labute approximate surface area is 128 Å². The van der Waals surface area contributed by atoms with Gasteiger partial charge in [0, 0.05) is 5.56 Å². The van der Waals surface area contributed by atoms with E-state index in [2.05, 4.69) is 12.1 Å². The zero-order valence-corrected chi connectivity index (χ0v) is 13.4. The van der Waals surface area contributed by atoms with Crippen molar-refractivity contribution in [2.24, 2.45) is 5.16 Å². The molecule has 0 saturated heterocycles. The summed E-state index contributed by atoms with van der Waals surface area (Å²) in [5.41, 5.74) is 2.05. The van der Waals surface area contributed by atoms with Crippen LogP contribution >= 0.6 is 0 Å². The number of hydrogen-bond donors (Lipinski definition) is 2. The van der Waals surface area contributed by atoms with Crippen LogP contribution in [0.15, 0.2) is 23.4 Å². The summed E-state index contributed by atoms with van der Waals surface area (Å²) >= 11 is 0. The van der Waals surface area contributed by atoms with E-state index in [1.165, 1.54) is 38.5 Å². The summed E-state index contributed by atoms with van der Waals surface area (Å²) in [7, 11) is 0. The average Bonchev–Trinajstić information content (AvgIpc) is 2.49. The molecule has 0 aliphatic carbocycles. The Morgan fingerprint density at radius 2 is 1.62 bits per heavy atom. The minimum atomic E-state index is 0.227. The van der Waals surface area contributed by atoms with Crippen molar-refractivity contribution in [3.8, 4) is 5.75 Å². The summed E-state index contributed by atoms with van der Waals surface area (Å²) in [6.45, 7) is 4.08. The second-order valence-corrected chi connectivity index (χ2v) is 5.74. The van der Waals surface area contributed by atoms with E-state index in [0.717, 1.165) is 18.4 Å². The maximum Gasteiger partial charge on any atom is 0.127 e. The fourth-order valence-electron chi connectivity index (χ4n) is 2.56. The number of aryl methyl sites for hydroxylation is 1. The van der Waals surface area contributed by atoms with Gasteiger partial charge in [-0.25, -0.2) is 0 Å². The molecular formula is C18H29NO2. The second kappa shape index (κ2) is 10.3. The van der Waals surface area contributed by atoms with Crippen LogP contribution in [0.1, 0.15) is 75.8 Å². The maximum atomic E-state index is 10.0. The van der Waals surface area contributed by atoms with E-state index in [4.69, 9.17) is 0 Å². The molecule has 1 rings (SSSR count). The van der Waals surface area contributed by atoms with Crippen LogP contribution in [-0.4, -0.2) is 16.0 Å². The Morgan fingerprint density at radius 3 is 2.24 bits per heavy atom. The highest BCUT2D eigenvalue weighted by Gasteiger charge is 2.11. The lowest BCUT2D eigenvalue weighted by Crippen LogP contribution is -2.02. The van der Waals surface area contributed by atoms with Crippen LogP contribution in [0.25, 0.3) is 0 Å². The molecule has 0 atom stereocenters. The number of rotatable bonds is 10. The Morgan fingerprint density at radius 1 is 1.00 bits per heavy atom. The smallest absolute Gasteiger partial charge is 0.127 e. The molecule has 3 nitrogen and oxygen atoms in total. The monoisotopic (exact) mass is 291 g/mol. The van der Waals surface area contributed by atoms with E-state index in [0.29, 0.717) is 17.7 Å². The summed E-state index contributed by atoms with van der Waals surface area (Å²) in [5, 5.41) is 22.6. The van der Waals surface area contributed by atoms with Crippen molar-refractivity contribution in [2.75, 3.05) is 0 Å². The number of hydrogen-bond acceptors (Lipinski definition) is 3. The van der Waals surface area contributed by atoms with Crippen LogP contribution in [0.5, 0.6) is 5.75 Å². The predicted octanol–water partition coefficient (Wildman–Crippen LogP) is 5.41. The normalized spacial score (nSPS) is 11.8. The van der Waals surface area contributed by atoms with E-state index in [1.807, 2.05) is 25.1 Å². The number of benzene rings is 1. The summed E-state index contributed by atoms with van der Waals surface area (Å²) < 4.78 is 0. The van der Waals surface area contributed by atoms with E-state index >= 15 is 0 Å². The number of para-hydroxylation sites is 1. The molecule has 0 amide bonds. The molecule has 0 heterocycles. The minimum Gasteiger partial charge on any atom is -0.507 e. The third-order valence-corrected chi connectivity index (χ3v) is 3.94. The first kappa shape index (κ1) is 17.5. The molecule has 0 aliphatic rings. The molecule has 2 N–H and O–H groups in total. The molecule has 0 bridgehead atoms. The molecule has 1 aromatic carbocycles. The van der Waals surface area contributed by atoms with Gasteiger partial charge in [0.25, 0.3) is 0 Å². The first-order chi connectivity index (χ1) is 10.2. The highest BCUT2D eigenvalue weighted by atomic mass is 16.4. The SMILES string of the molecule is CCCCCCCCCC/C(=N\O)c1cccc(C)c1O. The minimum absolute atomic E-state index is 0.227. The van der Waals surface area contributed by atoms with Crippen molar-refractivity contribution >= 4 is 5.71 Å². The molecular weight excluding hydrogens is 262 g/mol. The van der Waals surface area contributed by atoms with Gasteiger partial charge in [-0.15, -0.1) is 0 Å². The Hall–Kier alpha value is -1.51. The van der Waals surface area contributed by atoms with Crippen LogP contribution in [0.4, 0.5) is 0 Å². The van der Waals surface area contributed by atoms with E-state index < -0.39 is 0 Å². The van der Waals surface area contributed by atoms with E-state index in [1.54, 1.807) is 0 Å². The van der Waals surface area contributed by atoms with Gasteiger partial charge >= 0.3 is 0 Å². The number of aromatic hydroxyl groups is 1. The molecule has 0 unspecified atom stereocenters. The van der Waals surface area contributed by atoms with Crippen LogP contribution in [0.3, 0.4) is 0 Å². The molecule has 0 spiro atoms. The van der Waals surface area contributed by atoms with Crippen molar-refractivity contribution in [3.63, 3.8) is 0 Å². The maximum absolute atomic E-state index is 10.0. The van der Waals surface area contributed by atoms with Gasteiger partial charge in [0.15, 0.2) is 0 Å². The third kappa shape index (κ3) is 6.19. The molecule has 0 aliphatic heterocycles. The lowest BCUT2D eigenvalue weighted by Gasteiger charge is -2.09. The summed E-state index contributed by atoms with van der Waals surface area (Å²) in [6.07, 6.45) is 10.7. The second-order valence-electron chi connectivity index (χ2n) is 5.74. The van der Waals surface area contributed by atoms with Gasteiger partial charge in [0.1, 0.15) is 5.75 Å². The lowest BCUT2D eigenvalue weighted by atomic mass is 10.00. The summed E-state index contributed by atoms with van der Waals surface area (Å²) in [6, 6.07) is 5.54. The highest BCUT2D eigenvalue weighted by Crippen LogP contribution is 2.24. The zero-order valence-electron chi connectivity index (χ0n) is 13.4. The van der Waals surface area contributed by atoms with Gasteiger partial charge in [-0.3, -0.25) is 0 Å². The van der Waals surface area contributed by atoms with Crippen molar-refractivity contribution in [2.45, 2.75) is 71.6 Å². The number of nitrogens with zero attached hydrogens (tertiary/aromatic N) is 1. The van der Waals surface area contributed by atoms with Crippen molar-refractivity contribution in [1.82, 2.24) is 0 Å². The molecule has 0 aromatic heterocycles. The number of phenolic OH excluding ortho intramolecular Hbond substituents is 1. The third-order valence-electron chi connectivity index (χ3n) is 3.94. The van der Waals surface area contributed by atoms with Crippen LogP contribution in [-0.2, 0) is 0 Å². The number of phenols is 1. The summed E-state index contributed by atoms with van der Waals surface area (Å²) in [5.74, 6) is 0.227. The van der Waals surface area contributed by atoms with Crippen LogP contribution in [0, 0.1) is 6.92 Å². The van der Waals surface area contributed by atoms with Crippen molar-refractivity contribution in [3.05, 3.63) is 29.3 Å². The highest BCUT2D eigenvalue weighted by molar-refractivity contribution is 6.02. The molecule has 21 heavy (non-hydrogen) atoms. The van der Waals surface area contributed by atoms with E-state index in [9.17, 15) is 10.3 Å². The van der Waals surface area contributed by atoms with Gasteiger partial charge in [0.2, 0.25) is 0 Å². The fraction of sp³-hybridized carbons (Fsp3) is 0.611. The average molecular weight is 291 g/mol. The Balaban J connectivity index is 2.31. The first-order valence-electron chi connectivity index (χ1n) is 8.20. The molecule has 118 valence electrons. The van der Waals surface area contributed by atoms with Crippen LogP contribution in [0.2, 0.25) is 0 Å². The molecule has 1 aromatic rings. The van der Waals surface area contributed by atoms with E-state index in [-0.39, 0.29) is 5.75 Å². The standard InChI is InChI=1S/C18H29NO2/c1-3-4-5-6-7-8-9-10-14-17(19-21)16-13-11-12-15(2)18(16)20/h11-13,20-21H,3-10,14H2,1-2H3/b19-17+. The predicted molar refractivity (Wildman–Crippen MR) is 88.4 cm³/mol. The van der Waals surface area contributed by atoms with Gasteiger partial charge in [-0.2, -0.15) is 0 Å². The molecule has 0 fully saturated rings. The van der Waals surface area contributed by atoms with Crippen molar-refractivity contribution < 1.29 is 10.3 Å². The molecule has 3 heteroatoms. The van der Waals surface area contributed by atoms with Gasteiger partial charge in [0.05, 0.1) is 5.71 Å². The van der Waals surface area contributed by atoms with Gasteiger partial charge in [-0.1, -0.05) is 69.2 Å². The van der Waals surface area contributed by atoms with Gasteiger partial charge < -0.3 is 10.3 Å². The topological polar surface area (TPSA) is 52.8 Å². The zero-order chi connectivity index (χ0) is 15.5. The Bertz CT molecular complexity index is 441. The van der Waals surface area contributed by atoms with Crippen molar-refractivity contribution in [1.29, 1.82) is 0 Å². The molecule has 0 radical (unpaired) electrons. The lowest BCUT2D eigenvalue weighted by molar-refractivity contribution is 0.317. The fourth-order valence-corrected chi connectivity index (χ4v) is 2.56. The Kier molecular flexibility index (Phi) is 8.56. The van der Waals surface area contributed by atoms with Crippen LogP contribution < -0.4 is 0 Å². The quantitative estimate of drug-likeness (QED) is 0.262. The number of unbranched alkanes of at least 4 members (excludes halogenated alkanes) is 7. The molecule has 0 saturated carbocycles. The number of oxime groups is 1. The van der Waals surface area contributed by atoms with Gasteiger partial charge in [-0.05, 0) is 31.4 Å². The first-order valence-corrected chi connectivity index (χ1v) is 8.20. The largest absolute Gasteiger partial charge is 0.507 e. The summed E-state index contributed by atoms with van der Waals surface area (Å²) in [4.78, 5) is 0.